The van der Waals surface area contributed by atoms with Crippen molar-refractivity contribution < 1.29 is 24.2 Å². The quantitative estimate of drug-likeness (QED) is 0.541. The molecule has 8 heteroatoms. The highest BCUT2D eigenvalue weighted by Gasteiger charge is 2.18. The highest BCUT2D eigenvalue weighted by molar-refractivity contribution is 7.10. The van der Waals surface area contributed by atoms with Gasteiger partial charge >= 0.3 is 5.97 Å². The third-order valence-electron chi connectivity index (χ3n) is 3.60. The molecular weight excluding hydrogens is 368 g/mol. The topological polar surface area (TPSA) is 105 Å². The molecule has 1 aromatic carbocycles. The Labute approximate surface area is 161 Å². The van der Waals surface area contributed by atoms with Gasteiger partial charge in [0.1, 0.15) is 5.75 Å². The number of carbonyl (C=O) groups is 3. The van der Waals surface area contributed by atoms with Crippen LogP contribution in [0, 0.1) is 0 Å². The second-order valence-electron chi connectivity index (χ2n) is 5.89. The van der Waals surface area contributed by atoms with Crippen molar-refractivity contribution in [2.24, 2.45) is 0 Å². The van der Waals surface area contributed by atoms with Gasteiger partial charge in [0.05, 0.1) is 19.1 Å². The molecule has 7 nitrogen and oxygen atoms in total. The van der Waals surface area contributed by atoms with Gasteiger partial charge in [-0.1, -0.05) is 6.07 Å². The number of carbonyl (C=O) groups excluding carboxylic acids is 2. The summed E-state index contributed by atoms with van der Waals surface area (Å²) >= 11 is 1.49. The van der Waals surface area contributed by atoms with Gasteiger partial charge in [0.25, 0.3) is 0 Å². The summed E-state index contributed by atoms with van der Waals surface area (Å²) in [5.74, 6) is -0.646. The summed E-state index contributed by atoms with van der Waals surface area (Å²) in [7, 11) is 0. The van der Waals surface area contributed by atoms with Crippen molar-refractivity contribution in [1.29, 1.82) is 0 Å². The Morgan fingerprint density at radius 3 is 2.52 bits per heavy atom. The maximum Gasteiger partial charge on any atom is 0.303 e. The standard InChI is InChI=1S/C19H22N2O5S/c1-13(22)20-16(17-4-3-11-27-17)12-18(23)21-14-6-8-15(9-7-14)26-10-2-5-19(24)25/h3-4,6-9,11,16H,2,5,10,12H2,1H3,(H,20,22)(H,21,23)(H,24,25). The van der Waals surface area contributed by atoms with Gasteiger partial charge in [0.15, 0.2) is 0 Å². The van der Waals surface area contributed by atoms with Crippen LogP contribution >= 0.6 is 11.3 Å². The van der Waals surface area contributed by atoms with Crippen molar-refractivity contribution in [1.82, 2.24) is 5.32 Å². The summed E-state index contributed by atoms with van der Waals surface area (Å²) in [5, 5.41) is 16.1. The maximum atomic E-state index is 12.3. The number of rotatable bonds is 10. The van der Waals surface area contributed by atoms with E-state index >= 15 is 0 Å². The maximum absolute atomic E-state index is 12.3. The number of hydrogen-bond acceptors (Lipinski definition) is 5. The molecule has 0 aliphatic heterocycles. The molecule has 0 aliphatic rings. The van der Waals surface area contributed by atoms with Crippen LogP contribution in [0.4, 0.5) is 5.69 Å². The number of anilines is 1. The summed E-state index contributed by atoms with van der Waals surface area (Å²) in [6.45, 7) is 1.74. The van der Waals surface area contributed by atoms with E-state index in [1.54, 1.807) is 24.3 Å². The third-order valence-corrected chi connectivity index (χ3v) is 4.58. The van der Waals surface area contributed by atoms with Crippen molar-refractivity contribution in [2.45, 2.75) is 32.2 Å². The molecule has 0 saturated heterocycles. The number of benzene rings is 1. The molecular formula is C19H22N2O5S. The fourth-order valence-electron chi connectivity index (χ4n) is 2.40. The molecule has 3 N–H and O–H groups in total. The molecule has 1 atom stereocenters. The number of thiophene rings is 1. The van der Waals surface area contributed by atoms with Crippen molar-refractivity contribution in [3.8, 4) is 5.75 Å². The molecule has 1 unspecified atom stereocenters. The van der Waals surface area contributed by atoms with Gasteiger partial charge in [-0.25, -0.2) is 0 Å². The molecule has 0 bridgehead atoms. The summed E-state index contributed by atoms with van der Waals surface area (Å²) in [6, 6.07) is 10.2. The smallest absolute Gasteiger partial charge is 0.303 e. The minimum atomic E-state index is -0.850. The number of hydrogen-bond donors (Lipinski definition) is 3. The van der Waals surface area contributed by atoms with Gasteiger partial charge in [0, 0.05) is 23.9 Å². The van der Waals surface area contributed by atoms with Gasteiger partial charge in [0.2, 0.25) is 11.8 Å². The average Bonchev–Trinajstić information content (AvgIpc) is 3.13. The van der Waals surface area contributed by atoms with Crippen LogP contribution in [0.15, 0.2) is 41.8 Å². The normalized spacial score (nSPS) is 11.4. The first-order chi connectivity index (χ1) is 12.9. The van der Waals surface area contributed by atoms with Crippen LogP contribution < -0.4 is 15.4 Å². The lowest BCUT2D eigenvalue weighted by Gasteiger charge is -2.16. The Morgan fingerprint density at radius 1 is 1.19 bits per heavy atom. The monoisotopic (exact) mass is 390 g/mol. The van der Waals surface area contributed by atoms with E-state index in [0.29, 0.717) is 24.5 Å². The first-order valence-corrected chi connectivity index (χ1v) is 9.37. The lowest BCUT2D eigenvalue weighted by molar-refractivity contribution is -0.137. The minimum absolute atomic E-state index is 0.0633. The van der Waals surface area contributed by atoms with Crippen molar-refractivity contribution >= 4 is 34.8 Å². The Kier molecular flexibility index (Phi) is 7.81. The van der Waals surface area contributed by atoms with Crippen LogP contribution in [-0.4, -0.2) is 29.5 Å². The summed E-state index contributed by atoms with van der Waals surface area (Å²) in [6.07, 6.45) is 0.627. The fraction of sp³-hybridized carbons (Fsp3) is 0.316. The van der Waals surface area contributed by atoms with Crippen molar-refractivity contribution in [3.63, 3.8) is 0 Å². The van der Waals surface area contributed by atoms with Gasteiger partial charge < -0.3 is 20.5 Å². The number of ether oxygens (including phenoxy) is 1. The van der Waals surface area contributed by atoms with Crippen LogP contribution in [0.2, 0.25) is 0 Å². The third kappa shape index (κ3) is 7.49. The molecule has 1 heterocycles. The number of nitrogens with one attached hydrogen (secondary N) is 2. The van der Waals surface area contributed by atoms with Crippen molar-refractivity contribution in [3.05, 3.63) is 46.7 Å². The highest BCUT2D eigenvalue weighted by Crippen LogP contribution is 2.23. The fourth-order valence-corrected chi connectivity index (χ4v) is 3.18. The van der Waals surface area contributed by atoms with Gasteiger partial charge in [-0.05, 0) is 42.1 Å². The second-order valence-corrected chi connectivity index (χ2v) is 6.87. The zero-order valence-corrected chi connectivity index (χ0v) is 15.8. The Balaban J connectivity index is 1.85. The number of aliphatic carboxylic acids is 1. The predicted octanol–water partition coefficient (Wildman–Crippen LogP) is 3.20. The molecule has 0 saturated carbocycles. The van der Waals surface area contributed by atoms with Crippen LogP contribution in [-0.2, 0) is 14.4 Å². The Bertz CT molecular complexity index is 759. The zero-order chi connectivity index (χ0) is 19.6. The van der Waals surface area contributed by atoms with Gasteiger partial charge in [-0.3, -0.25) is 14.4 Å². The first kappa shape index (κ1) is 20.4. The molecule has 27 heavy (non-hydrogen) atoms. The highest BCUT2D eigenvalue weighted by atomic mass is 32.1. The lowest BCUT2D eigenvalue weighted by atomic mass is 10.1. The largest absolute Gasteiger partial charge is 0.494 e. The van der Waals surface area contributed by atoms with E-state index < -0.39 is 5.97 Å². The molecule has 2 rings (SSSR count). The number of carboxylic acids is 1. The first-order valence-electron chi connectivity index (χ1n) is 8.49. The molecule has 0 aliphatic carbocycles. The number of carboxylic acid groups (broad SMARTS) is 1. The lowest BCUT2D eigenvalue weighted by Crippen LogP contribution is -2.29. The molecule has 0 spiro atoms. The zero-order valence-electron chi connectivity index (χ0n) is 14.9. The van der Waals surface area contributed by atoms with Crippen LogP contribution in [0.1, 0.15) is 37.1 Å². The molecule has 2 aromatic rings. The average molecular weight is 390 g/mol. The minimum Gasteiger partial charge on any atom is -0.494 e. The molecule has 0 radical (unpaired) electrons. The SMILES string of the molecule is CC(=O)NC(CC(=O)Nc1ccc(OCCCC(=O)O)cc1)c1cccs1. The Hall–Kier alpha value is -2.87. The Morgan fingerprint density at radius 2 is 1.93 bits per heavy atom. The number of amides is 2. The van der Waals surface area contributed by atoms with Crippen LogP contribution in [0.25, 0.3) is 0 Å². The molecule has 0 fully saturated rings. The molecule has 1 aromatic heterocycles. The van der Waals surface area contributed by atoms with E-state index in [2.05, 4.69) is 10.6 Å². The van der Waals surface area contributed by atoms with Crippen LogP contribution in [0.3, 0.4) is 0 Å². The predicted molar refractivity (Wildman–Crippen MR) is 103 cm³/mol. The molecule has 144 valence electrons. The van der Waals surface area contributed by atoms with E-state index in [-0.39, 0.29) is 30.7 Å². The van der Waals surface area contributed by atoms with Crippen molar-refractivity contribution in [2.75, 3.05) is 11.9 Å². The van der Waals surface area contributed by atoms with E-state index in [1.165, 1.54) is 18.3 Å². The molecule has 2 amide bonds. The van der Waals surface area contributed by atoms with E-state index in [4.69, 9.17) is 9.84 Å². The van der Waals surface area contributed by atoms with E-state index in [9.17, 15) is 14.4 Å². The summed E-state index contributed by atoms with van der Waals surface area (Å²) in [5.41, 5.74) is 0.616. The van der Waals surface area contributed by atoms with E-state index in [0.717, 1.165) is 4.88 Å². The van der Waals surface area contributed by atoms with Crippen LogP contribution in [0.5, 0.6) is 5.75 Å². The summed E-state index contributed by atoms with van der Waals surface area (Å²) in [4.78, 5) is 35.1. The van der Waals surface area contributed by atoms with Gasteiger partial charge in [-0.15, -0.1) is 11.3 Å². The second kappa shape index (κ2) is 10.3. The summed E-state index contributed by atoms with van der Waals surface area (Å²) < 4.78 is 5.45. The van der Waals surface area contributed by atoms with E-state index in [1.807, 2.05) is 17.5 Å². The van der Waals surface area contributed by atoms with Gasteiger partial charge in [-0.2, -0.15) is 0 Å².